The molecule has 1 amide bonds. The van der Waals surface area contributed by atoms with Crippen molar-refractivity contribution in [2.24, 2.45) is 10.2 Å². The standard InChI is InChI=1S/C23H29ClN8O2/c1-13(16-10-19(34-4)27-11-18(16)24)22(33)32-8-7-23(12-32)6-5-15-9-17(21(30-25)31-26-3)14(2)28-20(15)29-23/h9-11,13,25-26H,5-8,12H2,1-4H3,(H,28,29)/b30-25?,31-21-/t13-,23?/m1/s1. The number of likely N-dealkylation sites (tertiary alicyclic amines) is 1. The number of anilines is 1. The molecule has 11 heteroatoms. The minimum Gasteiger partial charge on any atom is -0.481 e. The summed E-state index contributed by atoms with van der Waals surface area (Å²) in [4.78, 5) is 24.1. The van der Waals surface area contributed by atoms with Crippen LogP contribution in [0.25, 0.3) is 0 Å². The number of methoxy groups -OCH3 is 1. The topological polar surface area (TPSA) is 128 Å². The Labute approximate surface area is 203 Å². The van der Waals surface area contributed by atoms with E-state index in [1.807, 2.05) is 24.8 Å². The van der Waals surface area contributed by atoms with E-state index in [2.05, 4.69) is 25.9 Å². The number of ether oxygens (including phenoxy) is 1. The summed E-state index contributed by atoms with van der Waals surface area (Å²) in [6.07, 6.45) is 4.06. The Morgan fingerprint density at radius 2 is 2.21 bits per heavy atom. The zero-order chi connectivity index (χ0) is 24.5. The minimum absolute atomic E-state index is 0.0316. The molecule has 10 nitrogen and oxygen atoms in total. The molecule has 180 valence electrons. The van der Waals surface area contributed by atoms with E-state index >= 15 is 0 Å². The van der Waals surface area contributed by atoms with E-state index in [9.17, 15) is 4.79 Å². The number of carbonyl (C=O) groups is 1. The first-order chi connectivity index (χ1) is 16.3. The lowest BCUT2D eigenvalue weighted by atomic mass is 9.86. The number of halogens is 1. The van der Waals surface area contributed by atoms with Gasteiger partial charge in [-0.05, 0) is 50.3 Å². The van der Waals surface area contributed by atoms with Gasteiger partial charge in [-0.25, -0.2) is 15.5 Å². The maximum absolute atomic E-state index is 13.4. The number of nitrogens with one attached hydrogen (secondary N) is 3. The molecule has 2 aliphatic rings. The second-order valence-electron chi connectivity index (χ2n) is 8.78. The van der Waals surface area contributed by atoms with E-state index in [4.69, 9.17) is 26.9 Å². The molecule has 1 saturated heterocycles. The normalized spacial score (nSPS) is 20.5. The highest BCUT2D eigenvalue weighted by Crippen LogP contribution is 2.38. The molecule has 1 unspecified atom stereocenters. The summed E-state index contributed by atoms with van der Waals surface area (Å²) in [5.74, 6) is 1.18. The van der Waals surface area contributed by atoms with Crippen molar-refractivity contribution < 1.29 is 9.53 Å². The molecule has 34 heavy (non-hydrogen) atoms. The fraction of sp³-hybridized carbons (Fsp3) is 0.478. The van der Waals surface area contributed by atoms with Crippen LogP contribution in [0.2, 0.25) is 5.02 Å². The Morgan fingerprint density at radius 1 is 1.41 bits per heavy atom. The van der Waals surface area contributed by atoms with E-state index in [0.29, 0.717) is 35.4 Å². The number of hydrazone groups is 1. The van der Waals surface area contributed by atoms with Crippen molar-refractivity contribution in [1.29, 1.82) is 5.53 Å². The number of rotatable bonds is 5. The first-order valence-corrected chi connectivity index (χ1v) is 11.6. The maximum atomic E-state index is 13.4. The molecule has 2 aliphatic heterocycles. The maximum Gasteiger partial charge on any atom is 0.229 e. The minimum atomic E-state index is -0.406. The Kier molecular flexibility index (Phi) is 6.70. The average molecular weight is 485 g/mol. The summed E-state index contributed by atoms with van der Waals surface area (Å²) in [5, 5.41) is 11.7. The number of fused-ring (bicyclic) bond motifs is 1. The van der Waals surface area contributed by atoms with Gasteiger partial charge in [0.05, 0.1) is 29.3 Å². The van der Waals surface area contributed by atoms with Crippen LogP contribution >= 0.6 is 11.6 Å². The fourth-order valence-electron chi connectivity index (χ4n) is 4.76. The quantitative estimate of drug-likeness (QED) is 0.258. The third-order valence-corrected chi connectivity index (χ3v) is 7.00. The number of aryl methyl sites for hydroxylation is 2. The zero-order valence-corrected chi connectivity index (χ0v) is 20.5. The van der Waals surface area contributed by atoms with Gasteiger partial charge in [-0.2, -0.15) is 5.10 Å². The summed E-state index contributed by atoms with van der Waals surface area (Å²) in [5.41, 5.74) is 13.1. The second kappa shape index (κ2) is 9.54. The molecule has 1 fully saturated rings. The molecule has 1 spiro atoms. The van der Waals surface area contributed by atoms with E-state index < -0.39 is 5.92 Å². The number of amidine groups is 1. The molecule has 0 bridgehead atoms. The lowest BCUT2D eigenvalue weighted by molar-refractivity contribution is -0.131. The SMILES string of the molecule is CN/N=C(\N=N)c1cc2c(nc1C)NC1(CC2)CCN(C(=O)[C@H](C)c2cc(OC)ncc2Cl)C1. The number of carbonyl (C=O) groups excluding carboxylic acids is 1. The second-order valence-corrected chi connectivity index (χ2v) is 9.19. The molecule has 0 aliphatic carbocycles. The van der Waals surface area contributed by atoms with Crippen molar-refractivity contribution in [3.8, 4) is 5.88 Å². The molecule has 0 radical (unpaired) electrons. The first-order valence-electron chi connectivity index (χ1n) is 11.2. The molecule has 2 aromatic heterocycles. The molecule has 4 heterocycles. The van der Waals surface area contributed by atoms with Crippen molar-refractivity contribution in [3.05, 3.63) is 45.7 Å². The van der Waals surface area contributed by atoms with Crippen molar-refractivity contribution in [1.82, 2.24) is 20.3 Å². The van der Waals surface area contributed by atoms with Gasteiger partial charge in [0.1, 0.15) is 5.82 Å². The number of amides is 1. The average Bonchev–Trinajstić information content (AvgIpc) is 3.24. The highest BCUT2D eigenvalue weighted by atomic mass is 35.5. The van der Waals surface area contributed by atoms with E-state index in [-0.39, 0.29) is 11.4 Å². The number of hydrogen-bond donors (Lipinski definition) is 3. The van der Waals surface area contributed by atoms with Crippen molar-refractivity contribution >= 4 is 29.2 Å². The molecule has 0 saturated carbocycles. The molecule has 2 aromatic rings. The van der Waals surface area contributed by atoms with Gasteiger partial charge in [0.25, 0.3) is 0 Å². The smallest absolute Gasteiger partial charge is 0.229 e. The lowest BCUT2D eigenvalue weighted by Crippen LogP contribution is -2.46. The van der Waals surface area contributed by atoms with Crippen LogP contribution in [0.15, 0.2) is 28.5 Å². The van der Waals surface area contributed by atoms with Gasteiger partial charge < -0.3 is 20.4 Å². The van der Waals surface area contributed by atoms with Gasteiger partial charge in [-0.15, -0.1) is 5.11 Å². The summed E-state index contributed by atoms with van der Waals surface area (Å²) >= 11 is 6.34. The molecule has 2 atom stereocenters. The van der Waals surface area contributed by atoms with Crippen molar-refractivity contribution in [3.63, 3.8) is 0 Å². The highest BCUT2D eigenvalue weighted by molar-refractivity contribution is 6.31. The Bertz CT molecular complexity index is 1150. The largest absolute Gasteiger partial charge is 0.481 e. The van der Waals surface area contributed by atoms with Crippen LogP contribution in [0.4, 0.5) is 5.82 Å². The number of pyridine rings is 2. The van der Waals surface area contributed by atoms with E-state index in [1.54, 1.807) is 13.1 Å². The van der Waals surface area contributed by atoms with E-state index in [1.165, 1.54) is 13.3 Å². The molecule has 3 N–H and O–H groups in total. The third kappa shape index (κ3) is 4.42. The first kappa shape index (κ1) is 23.9. The Hall–Kier alpha value is -3.27. The third-order valence-electron chi connectivity index (χ3n) is 6.68. The zero-order valence-electron chi connectivity index (χ0n) is 19.8. The summed E-state index contributed by atoms with van der Waals surface area (Å²) in [7, 11) is 3.21. The van der Waals surface area contributed by atoms with Crippen molar-refractivity contribution in [2.45, 2.75) is 44.6 Å². The van der Waals surface area contributed by atoms with Gasteiger partial charge in [0.2, 0.25) is 17.6 Å². The van der Waals surface area contributed by atoms with Crippen LogP contribution in [-0.2, 0) is 11.2 Å². The fourth-order valence-corrected chi connectivity index (χ4v) is 5.03. The van der Waals surface area contributed by atoms with Gasteiger partial charge in [-0.1, -0.05) is 11.6 Å². The summed E-state index contributed by atoms with van der Waals surface area (Å²) in [6, 6.07) is 3.73. The monoisotopic (exact) mass is 484 g/mol. The predicted octanol–water partition coefficient (Wildman–Crippen LogP) is 3.49. The van der Waals surface area contributed by atoms with E-state index in [0.717, 1.165) is 41.9 Å². The van der Waals surface area contributed by atoms with Crippen molar-refractivity contribution in [2.75, 3.05) is 32.6 Å². The van der Waals surface area contributed by atoms with Crippen LogP contribution in [0.3, 0.4) is 0 Å². The summed E-state index contributed by atoms with van der Waals surface area (Å²) < 4.78 is 5.20. The molecule has 4 rings (SSSR count). The number of hydrogen-bond acceptors (Lipinski definition) is 8. The summed E-state index contributed by atoms with van der Waals surface area (Å²) in [6.45, 7) is 5.02. The van der Waals surface area contributed by atoms with Crippen LogP contribution in [0, 0.1) is 12.5 Å². The Morgan fingerprint density at radius 3 is 2.91 bits per heavy atom. The number of aromatic nitrogens is 2. The molecular formula is C23H29ClN8O2. The van der Waals surface area contributed by atoms with Gasteiger partial charge in [0.15, 0.2) is 0 Å². The predicted molar refractivity (Wildman–Crippen MR) is 130 cm³/mol. The van der Waals surface area contributed by atoms with Gasteiger partial charge in [-0.3, -0.25) is 4.79 Å². The molecule has 0 aromatic carbocycles. The van der Waals surface area contributed by atoms with Crippen LogP contribution in [-0.4, -0.2) is 59.4 Å². The van der Waals surface area contributed by atoms with Gasteiger partial charge >= 0.3 is 0 Å². The highest BCUT2D eigenvalue weighted by Gasteiger charge is 2.43. The lowest BCUT2D eigenvalue weighted by Gasteiger charge is -2.36. The van der Waals surface area contributed by atoms with Gasteiger partial charge in [0, 0.05) is 38.0 Å². The van der Waals surface area contributed by atoms with Crippen LogP contribution in [0.5, 0.6) is 5.88 Å². The molecular weight excluding hydrogens is 456 g/mol. The number of nitrogens with zero attached hydrogens (tertiary/aromatic N) is 5. The Balaban J connectivity index is 1.51. The van der Waals surface area contributed by atoms with Crippen LogP contribution < -0.4 is 15.5 Å². The van der Waals surface area contributed by atoms with Crippen LogP contribution in [0.1, 0.15) is 48.1 Å².